The topological polar surface area (TPSA) is 59.8 Å². The van der Waals surface area contributed by atoms with Gasteiger partial charge in [0.15, 0.2) is 5.65 Å². The Morgan fingerprint density at radius 2 is 1.85 bits per heavy atom. The molecule has 0 bridgehead atoms. The second-order valence-electron chi connectivity index (χ2n) is 6.03. The van der Waals surface area contributed by atoms with Crippen molar-refractivity contribution in [3.63, 3.8) is 0 Å². The van der Waals surface area contributed by atoms with Gasteiger partial charge in [0, 0.05) is 48.6 Å². The Bertz CT molecular complexity index is 995. The lowest BCUT2D eigenvalue weighted by molar-refractivity contribution is 0.251. The molecule has 0 saturated carbocycles. The van der Waals surface area contributed by atoms with Crippen LogP contribution in [0.2, 0.25) is 0 Å². The summed E-state index contributed by atoms with van der Waals surface area (Å²) in [6.45, 7) is 0.412. The number of hydrogen-bond acceptors (Lipinski definition) is 5. The van der Waals surface area contributed by atoms with Crippen molar-refractivity contribution in [1.29, 1.82) is 0 Å². The smallest absolute Gasteiger partial charge is 0.329 e. The van der Waals surface area contributed by atoms with E-state index in [-0.39, 0.29) is 6.03 Å². The zero-order valence-electron chi connectivity index (χ0n) is 14.6. The van der Waals surface area contributed by atoms with Crippen molar-refractivity contribution in [1.82, 2.24) is 8.96 Å². The van der Waals surface area contributed by atoms with Crippen molar-refractivity contribution in [3.8, 4) is 11.5 Å². The Labute approximate surface area is 156 Å². The summed E-state index contributed by atoms with van der Waals surface area (Å²) >= 11 is 4.35. The fourth-order valence-electron chi connectivity index (χ4n) is 3.28. The molecule has 7 nitrogen and oxygen atoms in total. The molecular weight excluding hydrogens is 352 g/mol. The number of thiol groups is 1. The molecule has 2 amide bonds. The molecule has 3 heterocycles. The van der Waals surface area contributed by atoms with E-state index in [2.05, 4.69) is 17.8 Å². The van der Waals surface area contributed by atoms with Crippen molar-refractivity contribution in [2.75, 3.05) is 31.1 Å². The summed E-state index contributed by atoms with van der Waals surface area (Å²) in [6, 6.07) is 7.19. The summed E-state index contributed by atoms with van der Waals surface area (Å²) in [5.74, 6) is 1.25. The average molecular weight is 370 g/mol. The molecule has 1 aliphatic rings. The molecule has 0 unspecified atom stereocenters. The number of carbonyl (C=O) groups excluding carboxylic acids is 1. The lowest BCUT2D eigenvalue weighted by Crippen LogP contribution is -2.45. The van der Waals surface area contributed by atoms with E-state index in [1.165, 1.54) is 0 Å². The van der Waals surface area contributed by atoms with Crippen LogP contribution in [-0.2, 0) is 6.54 Å². The summed E-state index contributed by atoms with van der Waals surface area (Å²) in [4.78, 5) is 20.9. The number of pyridine rings is 1. The minimum Gasteiger partial charge on any atom is -0.497 e. The largest absolute Gasteiger partial charge is 0.497 e. The molecule has 0 spiro atoms. The first-order valence-corrected chi connectivity index (χ1v) is 8.40. The number of methoxy groups -OCH3 is 2. The van der Waals surface area contributed by atoms with Gasteiger partial charge in [-0.1, -0.05) is 12.8 Å². The average Bonchev–Trinajstić information content (AvgIpc) is 3.04. The van der Waals surface area contributed by atoms with Crippen LogP contribution in [0.5, 0.6) is 11.5 Å². The standard InChI is InChI=1S/C18H18N4O3S/c1-20-16-11(9-19-17-15(16)4-5-22(17)26)10-21(18(20)23)12-6-13(24-2)8-14(7-12)25-3/h4-9,26H,10H2,1-3H3. The van der Waals surface area contributed by atoms with E-state index in [0.29, 0.717) is 23.7 Å². The van der Waals surface area contributed by atoms with Gasteiger partial charge in [-0.25, -0.2) is 9.78 Å². The molecule has 0 fully saturated rings. The third-order valence-electron chi connectivity index (χ3n) is 4.57. The van der Waals surface area contributed by atoms with Gasteiger partial charge in [-0.2, -0.15) is 0 Å². The second-order valence-corrected chi connectivity index (χ2v) is 6.46. The van der Waals surface area contributed by atoms with Crippen molar-refractivity contribution in [2.45, 2.75) is 6.54 Å². The van der Waals surface area contributed by atoms with E-state index >= 15 is 0 Å². The van der Waals surface area contributed by atoms with Crippen LogP contribution in [0, 0.1) is 0 Å². The fourth-order valence-corrected chi connectivity index (χ4v) is 3.50. The summed E-state index contributed by atoms with van der Waals surface area (Å²) in [5.41, 5.74) is 3.25. The predicted octanol–water partition coefficient (Wildman–Crippen LogP) is 3.32. The highest BCUT2D eigenvalue weighted by molar-refractivity contribution is 7.78. The van der Waals surface area contributed by atoms with Gasteiger partial charge in [0.2, 0.25) is 0 Å². The van der Waals surface area contributed by atoms with Crippen molar-refractivity contribution < 1.29 is 14.3 Å². The molecule has 26 heavy (non-hydrogen) atoms. The number of aromatic nitrogens is 2. The normalized spacial score (nSPS) is 13.9. The van der Waals surface area contributed by atoms with Gasteiger partial charge in [0.05, 0.1) is 32.1 Å². The van der Waals surface area contributed by atoms with Gasteiger partial charge >= 0.3 is 6.03 Å². The number of hydrogen-bond donors (Lipinski definition) is 1. The monoisotopic (exact) mass is 370 g/mol. The van der Waals surface area contributed by atoms with Gasteiger partial charge in [-0.3, -0.25) is 13.8 Å². The van der Waals surface area contributed by atoms with E-state index < -0.39 is 0 Å². The Morgan fingerprint density at radius 1 is 1.15 bits per heavy atom. The number of benzene rings is 1. The zero-order valence-corrected chi connectivity index (χ0v) is 15.5. The molecule has 134 valence electrons. The van der Waals surface area contributed by atoms with Crippen LogP contribution in [0.1, 0.15) is 5.56 Å². The lowest BCUT2D eigenvalue weighted by atomic mass is 10.1. The number of carbonyl (C=O) groups is 1. The molecule has 0 saturated heterocycles. The van der Waals surface area contributed by atoms with Crippen LogP contribution in [0.4, 0.5) is 16.2 Å². The Kier molecular flexibility index (Phi) is 3.91. The van der Waals surface area contributed by atoms with E-state index in [0.717, 1.165) is 22.3 Å². The van der Waals surface area contributed by atoms with Crippen LogP contribution in [0.3, 0.4) is 0 Å². The molecule has 0 atom stereocenters. The van der Waals surface area contributed by atoms with Gasteiger partial charge in [0.25, 0.3) is 0 Å². The highest BCUT2D eigenvalue weighted by Gasteiger charge is 2.31. The third kappa shape index (κ3) is 2.45. The number of rotatable bonds is 3. The zero-order chi connectivity index (χ0) is 18.4. The molecule has 8 heteroatoms. The van der Waals surface area contributed by atoms with Crippen LogP contribution in [0.25, 0.3) is 11.0 Å². The van der Waals surface area contributed by atoms with Gasteiger partial charge in [0.1, 0.15) is 11.5 Å². The van der Waals surface area contributed by atoms with E-state index in [1.807, 2.05) is 24.4 Å². The SMILES string of the molecule is COc1cc(OC)cc(N2Cc3cnc4c(ccn4S)c3N(C)C2=O)c1. The summed E-state index contributed by atoms with van der Waals surface area (Å²) in [6.07, 6.45) is 3.61. The minimum atomic E-state index is -0.132. The molecule has 0 radical (unpaired) electrons. The Balaban J connectivity index is 1.83. The first-order valence-electron chi connectivity index (χ1n) is 8.00. The van der Waals surface area contributed by atoms with Crippen molar-refractivity contribution in [2.24, 2.45) is 0 Å². The van der Waals surface area contributed by atoms with Crippen molar-refractivity contribution in [3.05, 3.63) is 42.2 Å². The van der Waals surface area contributed by atoms with Crippen LogP contribution in [0.15, 0.2) is 36.7 Å². The number of amides is 2. The number of ether oxygens (including phenoxy) is 2. The van der Waals surface area contributed by atoms with Gasteiger partial charge < -0.3 is 9.47 Å². The summed E-state index contributed by atoms with van der Waals surface area (Å²) in [5, 5.41) is 0.899. The molecule has 2 aromatic heterocycles. The Morgan fingerprint density at radius 3 is 2.50 bits per heavy atom. The quantitative estimate of drug-likeness (QED) is 0.719. The first kappa shape index (κ1) is 16.6. The predicted molar refractivity (Wildman–Crippen MR) is 104 cm³/mol. The highest BCUT2D eigenvalue weighted by Crippen LogP contribution is 2.38. The van der Waals surface area contributed by atoms with Crippen molar-refractivity contribution >= 4 is 41.3 Å². The maximum Gasteiger partial charge on any atom is 0.329 e. The van der Waals surface area contributed by atoms with Crippen LogP contribution >= 0.6 is 12.8 Å². The number of nitrogens with zero attached hydrogens (tertiary/aromatic N) is 4. The maximum atomic E-state index is 13.1. The minimum absolute atomic E-state index is 0.132. The Hall–Kier alpha value is -2.87. The van der Waals surface area contributed by atoms with E-state index in [9.17, 15) is 4.79 Å². The molecule has 3 aromatic rings. The highest BCUT2D eigenvalue weighted by atomic mass is 32.1. The van der Waals surface area contributed by atoms with Gasteiger partial charge in [-0.15, -0.1) is 0 Å². The van der Waals surface area contributed by atoms with Crippen LogP contribution < -0.4 is 19.3 Å². The molecule has 0 N–H and O–H groups in total. The molecule has 1 aliphatic heterocycles. The van der Waals surface area contributed by atoms with E-state index in [4.69, 9.17) is 9.47 Å². The summed E-state index contributed by atoms with van der Waals surface area (Å²) < 4.78 is 12.3. The van der Waals surface area contributed by atoms with Crippen LogP contribution in [-0.4, -0.2) is 36.3 Å². The fraction of sp³-hybridized carbons (Fsp3) is 0.222. The number of fused-ring (bicyclic) bond motifs is 3. The molecule has 0 aliphatic carbocycles. The molecule has 4 rings (SSSR count). The number of anilines is 2. The third-order valence-corrected chi connectivity index (χ3v) is 4.89. The molecule has 1 aromatic carbocycles. The maximum absolute atomic E-state index is 13.1. The number of urea groups is 1. The summed E-state index contributed by atoms with van der Waals surface area (Å²) in [7, 11) is 4.93. The molecular formula is C18H18N4O3S. The van der Waals surface area contributed by atoms with Gasteiger partial charge in [-0.05, 0) is 6.07 Å². The van der Waals surface area contributed by atoms with E-state index in [1.54, 1.807) is 47.3 Å². The second kappa shape index (κ2) is 6.14. The lowest BCUT2D eigenvalue weighted by Gasteiger charge is -2.35. The first-order chi connectivity index (χ1) is 12.5.